The maximum Gasteiger partial charge on any atom is 0.432 e. The van der Waals surface area contributed by atoms with Crippen LogP contribution in [0.1, 0.15) is 77.7 Å². The average molecular weight is 592 g/mol. The summed E-state index contributed by atoms with van der Waals surface area (Å²) in [6.07, 6.45) is -10.8. The fraction of sp³-hybridized carbons (Fsp3) is 0.444. The van der Waals surface area contributed by atoms with Crippen molar-refractivity contribution >= 4 is 23.2 Å². The summed E-state index contributed by atoms with van der Waals surface area (Å²) in [5.41, 5.74) is -1.93. The summed E-state index contributed by atoms with van der Waals surface area (Å²) in [7, 11) is 0. The van der Waals surface area contributed by atoms with Crippen LogP contribution in [0.3, 0.4) is 0 Å². The molecule has 0 radical (unpaired) electrons. The van der Waals surface area contributed by atoms with Gasteiger partial charge in [0.25, 0.3) is 5.91 Å². The number of aryl methyl sites for hydroxylation is 1. The van der Waals surface area contributed by atoms with Gasteiger partial charge in [-0.05, 0) is 74.4 Å². The molecule has 2 aromatic rings. The van der Waals surface area contributed by atoms with E-state index in [-0.39, 0.29) is 42.1 Å². The number of carbonyl (C=O) groups excluding carboxylic acids is 1. The Morgan fingerprint density at radius 1 is 1.15 bits per heavy atom. The van der Waals surface area contributed by atoms with E-state index in [1.807, 2.05) is 0 Å². The molecule has 1 fully saturated rings. The first-order valence-corrected chi connectivity index (χ1v) is 12.7. The topological polar surface area (TPSA) is 74.5 Å². The predicted molar refractivity (Wildman–Crippen MR) is 133 cm³/mol. The molecular formula is C27H25ClF7N3O2. The minimum atomic E-state index is -5.33. The molecule has 5 nitrogen and oxygen atoms in total. The molecule has 0 spiro atoms. The Hall–Kier alpha value is -3.33. The van der Waals surface area contributed by atoms with Crippen molar-refractivity contribution in [1.29, 1.82) is 5.26 Å². The molecule has 2 aromatic carbocycles. The minimum Gasteiger partial charge on any atom is -0.377 e. The van der Waals surface area contributed by atoms with Gasteiger partial charge < -0.3 is 10.2 Å². The number of nitrogens with zero attached hydrogens (tertiary/aromatic N) is 2. The molecule has 1 N–H and O–H groups in total. The molecule has 1 saturated carbocycles. The van der Waals surface area contributed by atoms with Crippen molar-refractivity contribution in [2.45, 2.75) is 70.4 Å². The number of oxime groups is 1. The number of benzene rings is 2. The molecule has 0 heterocycles. The Kier molecular flexibility index (Phi) is 9.72. The standard InChI is InChI=1S/C27H25ClF7N3O2/c1-3-22(16-6-9-19(14(2)10-16)25(39)37-18-7-4-15(13-36)5-8-18)38-40-24(27(33,34)35)20-11-17(26(30,31)32)12-21(28)23(20)29/h6,9-12,15,18,24H,3-5,7-8H2,1-2H3,(H,37,39)/b38-22+/t15-,18+,24?. The lowest BCUT2D eigenvalue weighted by molar-refractivity contribution is -0.225. The zero-order chi connectivity index (χ0) is 29.8. The molecule has 13 heteroatoms. The molecule has 3 rings (SSSR count). The fourth-order valence-electron chi connectivity index (χ4n) is 4.42. The van der Waals surface area contributed by atoms with Gasteiger partial charge in [-0.1, -0.05) is 29.7 Å². The summed E-state index contributed by atoms with van der Waals surface area (Å²) in [5.74, 6) is -2.08. The van der Waals surface area contributed by atoms with Crippen LogP contribution in [0, 0.1) is 30.0 Å². The molecule has 40 heavy (non-hydrogen) atoms. The maximum absolute atomic E-state index is 14.5. The first-order chi connectivity index (χ1) is 18.6. The van der Waals surface area contributed by atoms with Crippen LogP contribution in [-0.4, -0.2) is 23.8 Å². The van der Waals surface area contributed by atoms with Crippen molar-refractivity contribution in [2.75, 3.05) is 0 Å². The highest BCUT2D eigenvalue weighted by molar-refractivity contribution is 6.30. The van der Waals surface area contributed by atoms with Gasteiger partial charge in [0, 0.05) is 23.1 Å². The van der Waals surface area contributed by atoms with Crippen LogP contribution >= 0.6 is 11.6 Å². The number of amides is 1. The van der Waals surface area contributed by atoms with Crippen molar-refractivity contribution < 1.29 is 40.4 Å². The van der Waals surface area contributed by atoms with Gasteiger partial charge in [0.1, 0.15) is 5.82 Å². The van der Waals surface area contributed by atoms with E-state index in [9.17, 15) is 35.5 Å². The Balaban J connectivity index is 1.85. The number of hydrogen-bond donors (Lipinski definition) is 1. The molecule has 216 valence electrons. The monoisotopic (exact) mass is 591 g/mol. The zero-order valence-corrected chi connectivity index (χ0v) is 22.1. The third kappa shape index (κ3) is 7.44. The molecule has 0 aliphatic heterocycles. The molecule has 1 unspecified atom stereocenters. The van der Waals surface area contributed by atoms with Crippen LogP contribution in [0.5, 0.6) is 0 Å². The smallest absolute Gasteiger partial charge is 0.377 e. The van der Waals surface area contributed by atoms with Gasteiger partial charge in [0.2, 0.25) is 6.10 Å². The highest BCUT2D eigenvalue weighted by atomic mass is 35.5. The number of rotatable bonds is 7. The second-order valence-corrected chi connectivity index (χ2v) is 9.87. The average Bonchev–Trinajstić information content (AvgIpc) is 2.87. The van der Waals surface area contributed by atoms with E-state index in [1.54, 1.807) is 13.8 Å². The van der Waals surface area contributed by atoms with E-state index in [0.717, 1.165) is 0 Å². The van der Waals surface area contributed by atoms with Crippen LogP contribution in [0.4, 0.5) is 30.7 Å². The van der Waals surface area contributed by atoms with Crippen molar-refractivity contribution in [3.63, 3.8) is 0 Å². The Labute approximate surface area is 230 Å². The Bertz CT molecular complexity index is 1310. The Morgan fingerprint density at radius 3 is 2.33 bits per heavy atom. The number of carbonyl (C=O) groups is 1. The summed E-state index contributed by atoms with van der Waals surface area (Å²) >= 11 is 5.46. The number of halogens is 8. The van der Waals surface area contributed by atoms with E-state index < -0.39 is 40.4 Å². The van der Waals surface area contributed by atoms with Crippen LogP contribution in [0.2, 0.25) is 5.02 Å². The van der Waals surface area contributed by atoms with E-state index >= 15 is 0 Å². The summed E-state index contributed by atoms with van der Waals surface area (Å²) in [6, 6.07) is 6.75. The molecule has 1 aliphatic rings. The van der Waals surface area contributed by atoms with E-state index in [2.05, 4.69) is 21.4 Å². The third-order valence-electron chi connectivity index (χ3n) is 6.62. The van der Waals surface area contributed by atoms with Crippen molar-refractivity contribution in [2.24, 2.45) is 11.1 Å². The SMILES string of the molecule is CC/C(=N\OC(c1cc(C(F)(F)F)cc(Cl)c1F)C(F)(F)F)c1ccc(C(=O)N[C@H]2CC[C@@H](C#N)CC2)c(C)c1. The van der Waals surface area contributed by atoms with Crippen LogP contribution in [0.15, 0.2) is 35.5 Å². The number of alkyl halides is 6. The lowest BCUT2D eigenvalue weighted by atomic mass is 9.87. The van der Waals surface area contributed by atoms with Gasteiger partial charge >= 0.3 is 12.4 Å². The van der Waals surface area contributed by atoms with Crippen LogP contribution in [-0.2, 0) is 11.0 Å². The summed E-state index contributed by atoms with van der Waals surface area (Å²) in [4.78, 5) is 17.4. The predicted octanol–water partition coefficient (Wildman–Crippen LogP) is 8.05. The fourth-order valence-corrected chi connectivity index (χ4v) is 4.65. The van der Waals surface area contributed by atoms with Gasteiger partial charge in [-0.15, -0.1) is 0 Å². The van der Waals surface area contributed by atoms with Gasteiger partial charge in [0.05, 0.1) is 22.4 Å². The van der Waals surface area contributed by atoms with Crippen molar-refractivity contribution in [3.05, 3.63) is 69.0 Å². The van der Waals surface area contributed by atoms with Gasteiger partial charge in [-0.3, -0.25) is 4.79 Å². The lowest BCUT2D eigenvalue weighted by Gasteiger charge is -2.26. The molecule has 0 bridgehead atoms. The highest BCUT2D eigenvalue weighted by Gasteiger charge is 2.47. The summed E-state index contributed by atoms with van der Waals surface area (Å²) in [5, 5.41) is 14.3. The quantitative estimate of drug-likeness (QED) is 0.201. The lowest BCUT2D eigenvalue weighted by Crippen LogP contribution is -2.37. The maximum atomic E-state index is 14.5. The van der Waals surface area contributed by atoms with Crippen LogP contribution < -0.4 is 5.32 Å². The molecule has 0 aromatic heterocycles. The normalized spacial score (nSPS) is 19.1. The Morgan fingerprint density at radius 2 is 1.80 bits per heavy atom. The number of nitrogens with one attached hydrogen (secondary N) is 1. The van der Waals surface area contributed by atoms with Crippen molar-refractivity contribution in [3.8, 4) is 6.07 Å². The highest BCUT2D eigenvalue weighted by Crippen LogP contribution is 2.42. The second kappa shape index (κ2) is 12.5. The van der Waals surface area contributed by atoms with E-state index in [0.29, 0.717) is 42.4 Å². The minimum absolute atomic E-state index is 0.00908. The first kappa shape index (κ1) is 31.2. The van der Waals surface area contributed by atoms with Gasteiger partial charge in [-0.2, -0.15) is 31.6 Å². The third-order valence-corrected chi connectivity index (χ3v) is 6.89. The molecular weight excluding hydrogens is 567 g/mol. The largest absolute Gasteiger partial charge is 0.432 e. The summed E-state index contributed by atoms with van der Waals surface area (Å²) in [6.45, 7) is 3.18. The van der Waals surface area contributed by atoms with E-state index in [1.165, 1.54) is 18.2 Å². The zero-order valence-electron chi connectivity index (χ0n) is 21.4. The summed E-state index contributed by atoms with van der Waals surface area (Å²) < 4.78 is 95.3. The van der Waals surface area contributed by atoms with Crippen molar-refractivity contribution in [1.82, 2.24) is 5.32 Å². The molecule has 0 saturated heterocycles. The van der Waals surface area contributed by atoms with E-state index in [4.69, 9.17) is 16.9 Å². The molecule has 1 amide bonds. The number of hydrogen-bond acceptors (Lipinski definition) is 4. The first-order valence-electron chi connectivity index (χ1n) is 12.3. The van der Waals surface area contributed by atoms with Crippen LogP contribution in [0.25, 0.3) is 0 Å². The number of nitriles is 1. The molecule has 1 aliphatic carbocycles. The second-order valence-electron chi connectivity index (χ2n) is 9.46. The van der Waals surface area contributed by atoms with Gasteiger partial charge in [-0.25, -0.2) is 4.39 Å². The molecule has 1 atom stereocenters. The van der Waals surface area contributed by atoms with Gasteiger partial charge in [0.15, 0.2) is 0 Å².